The predicted molar refractivity (Wildman–Crippen MR) is 80.1 cm³/mol. The van der Waals surface area contributed by atoms with Crippen LogP contribution in [0.2, 0.25) is 0 Å². The summed E-state index contributed by atoms with van der Waals surface area (Å²) in [6, 6.07) is -0.172. The Balaban J connectivity index is 1.65. The molecule has 3 fully saturated rings. The third-order valence-electron chi connectivity index (χ3n) is 4.97. The Labute approximate surface area is 130 Å². The number of nitrogens with zero attached hydrogens (tertiary/aromatic N) is 2. The number of carbonyl (C=O) groups excluding carboxylic acids is 3. The molecule has 1 spiro atoms. The third-order valence-corrected chi connectivity index (χ3v) is 4.97. The molecule has 0 aromatic carbocycles. The summed E-state index contributed by atoms with van der Waals surface area (Å²) >= 11 is 0. The van der Waals surface area contributed by atoms with Crippen LogP contribution in [0.25, 0.3) is 0 Å². The van der Waals surface area contributed by atoms with Crippen molar-refractivity contribution in [2.45, 2.75) is 50.6 Å². The Kier molecular flexibility index (Phi) is 4.08. The van der Waals surface area contributed by atoms with Crippen molar-refractivity contribution in [3.05, 3.63) is 0 Å². The summed E-state index contributed by atoms with van der Waals surface area (Å²) in [4.78, 5) is 40.0. The molecule has 1 unspecified atom stereocenters. The molecule has 2 heterocycles. The van der Waals surface area contributed by atoms with E-state index in [0.29, 0.717) is 25.9 Å². The van der Waals surface area contributed by atoms with E-state index in [2.05, 4.69) is 10.6 Å². The van der Waals surface area contributed by atoms with E-state index in [-0.39, 0.29) is 24.4 Å². The summed E-state index contributed by atoms with van der Waals surface area (Å²) < 4.78 is 0. The van der Waals surface area contributed by atoms with Gasteiger partial charge in [-0.25, -0.2) is 4.79 Å². The minimum Gasteiger partial charge on any atom is -0.338 e. The second-order valence-corrected chi connectivity index (χ2v) is 6.66. The number of carbonyl (C=O) groups is 3. The molecule has 0 radical (unpaired) electrons. The quantitative estimate of drug-likeness (QED) is 0.707. The van der Waals surface area contributed by atoms with Crippen LogP contribution in [0.5, 0.6) is 0 Å². The van der Waals surface area contributed by atoms with Crippen LogP contribution in [0, 0.1) is 0 Å². The van der Waals surface area contributed by atoms with Crippen LogP contribution in [0.1, 0.15) is 39.0 Å². The van der Waals surface area contributed by atoms with Crippen molar-refractivity contribution >= 4 is 17.8 Å². The Hall–Kier alpha value is -1.63. The van der Waals surface area contributed by atoms with Crippen LogP contribution >= 0.6 is 0 Å². The molecule has 2 aliphatic heterocycles. The average molecular weight is 308 g/mol. The fraction of sp³-hybridized carbons (Fsp3) is 0.800. The van der Waals surface area contributed by atoms with Gasteiger partial charge in [0.25, 0.3) is 5.91 Å². The van der Waals surface area contributed by atoms with Gasteiger partial charge in [0.2, 0.25) is 5.91 Å². The van der Waals surface area contributed by atoms with Crippen LogP contribution < -0.4 is 10.6 Å². The van der Waals surface area contributed by atoms with Crippen molar-refractivity contribution in [2.75, 3.05) is 26.2 Å². The lowest BCUT2D eigenvalue weighted by atomic mass is 9.82. The van der Waals surface area contributed by atoms with Gasteiger partial charge >= 0.3 is 6.03 Å². The van der Waals surface area contributed by atoms with E-state index in [9.17, 15) is 14.4 Å². The molecule has 7 nitrogen and oxygen atoms in total. The van der Waals surface area contributed by atoms with Crippen LogP contribution in [0.4, 0.5) is 4.79 Å². The number of hydrogen-bond donors (Lipinski definition) is 2. The number of rotatable bonds is 2. The fourth-order valence-electron chi connectivity index (χ4n) is 3.71. The van der Waals surface area contributed by atoms with Crippen LogP contribution in [0.15, 0.2) is 0 Å². The first kappa shape index (κ1) is 15.3. The second kappa shape index (κ2) is 5.87. The third kappa shape index (κ3) is 2.69. The molecule has 0 aromatic heterocycles. The lowest BCUT2D eigenvalue weighted by molar-refractivity contribution is -0.140. The molecular weight excluding hydrogens is 284 g/mol. The smallest absolute Gasteiger partial charge is 0.325 e. The van der Waals surface area contributed by atoms with Gasteiger partial charge in [-0.15, -0.1) is 0 Å². The maximum atomic E-state index is 12.6. The Morgan fingerprint density at radius 2 is 2.00 bits per heavy atom. The topological polar surface area (TPSA) is 81.8 Å². The van der Waals surface area contributed by atoms with Gasteiger partial charge in [0, 0.05) is 25.7 Å². The first-order valence-corrected chi connectivity index (χ1v) is 8.17. The molecule has 0 aromatic rings. The zero-order valence-corrected chi connectivity index (χ0v) is 13.1. The molecule has 3 rings (SSSR count). The van der Waals surface area contributed by atoms with E-state index in [0.717, 1.165) is 30.7 Å². The minimum atomic E-state index is -0.744. The largest absolute Gasteiger partial charge is 0.338 e. The molecule has 2 saturated heterocycles. The van der Waals surface area contributed by atoms with Gasteiger partial charge in [0.05, 0.1) is 0 Å². The predicted octanol–water partition coefficient (Wildman–Crippen LogP) is 0.0614. The SMILES string of the molecule is CC1CN(C(=O)CN2C(=O)NC3(CCCCC3)C2=O)CCN1. The number of amides is 4. The van der Waals surface area contributed by atoms with Gasteiger partial charge in [0.1, 0.15) is 12.1 Å². The second-order valence-electron chi connectivity index (χ2n) is 6.66. The van der Waals surface area contributed by atoms with E-state index >= 15 is 0 Å². The molecule has 4 amide bonds. The number of nitrogens with one attached hydrogen (secondary N) is 2. The van der Waals surface area contributed by atoms with E-state index in [4.69, 9.17) is 0 Å². The molecule has 2 N–H and O–H groups in total. The Morgan fingerprint density at radius 1 is 1.27 bits per heavy atom. The standard InChI is InChI=1S/C15H24N4O3/c1-11-9-18(8-7-16-11)12(20)10-19-13(21)15(17-14(19)22)5-3-2-4-6-15/h11,16H,2-10H2,1H3,(H,17,22). The molecule has 1 atom stereocenters. The summed E-state index contributed by atoms with van der Waals surface area (Å²) in [5.74, 6) is -0.363. The normalized spacial score (nSPS) is 28.1. The number of piperazine rings is 1. The molecule has 122 valence electrons. The number of hydrogen-bond acceptors (Lipinski definition) is 4. The molecule has 7 heteroatoms. The van der Waals surface area contributed by atoms with Crippen LogP contribution in [-0.4, -0.2) is 65.4 Å². The first-order chi connectivity index (χ1) is 10.5. The molecule has 1 aliphatic carbocycles. The van der Waals surface area contributed by atoms with E-state index < -0.39 is 11.6 Å². The number of imide groups is 1. The fourth-order valence-corrected chi connectivity index (χ4v) is 3.71. The zero-order valence-electron chi connectivity index (χ0n) is 13.1. The van der Waals surface area contributed by atoms with Crippen molar-refractivity contribution in [1.29, 1.82) is 0 Å². The summed E-state index contributed by atoms with van der Waals surface area (Å²) in [5, 5.41) is 6.11. The number of urea groups is 1. The average Bonchev–Trinajstić information content (AvgIpc) is 2.72. The summed E-state index contributed by atoms with van der Waals surface area (Å²) in [6.45, 7) is 3.87. The van der Waals surface area contributed by atoms with Crippen molar-refractivity contribution < 1.29 is 14.4 Å². The minimum absolute atomic E-state index is 0.140. The Bertz CT molecular complexity index is 487. The van der Waals surface area contributed by atoms with Crippen LogP contribution in [0.3, 0.4) is 0 Å². The van der Waals surface area contributed by atoms with Gasteiger partial charge < -0.3 is 15.5 Å². The van der Waals surface area contributed by atoms with Crippen molar-refractivity contribution in [1.82, 2.24) is 20.4 Å². The maximum absolute atomic E-state index is 12.6. The summed E-state index contributed by atoms with van der Waals surface area (Å²) in [6.07, 6.45) is 4.37. The van der Waals surface area contributed by atoms with Crippen LogP contribution in [-0.2, 0) is 9.59 Å². The molecule has 22 heavy (non-hydrogen) atoms. The molecule has 1 saturated carbocycles. The molecule has 0 bridgehead atoms. The maximum Gasteiger partial charge on any atom is 0.325 e. The lowest BCUT2D eigenvalue weighted by Crippen LogP contribution is -2.54. The molecular formula is C15H24N4O3. The zero-order chi connectivity index (χ0) is 15.7. The van der Waals surface area contributed by atoms with Gasteiger partial charge in [-0.1, -0.05) is 19.3 Å². The van der Waals surface area contributed by atoms with E-state index in [1.54, 1.807) is 4.90 Å². The van der Waals surface area contributed by atoms with Gasteiger partial charge in [-0.2, -0.15) is 0 Å². The summed E-state index contributed by atoms with van der Waals surface area (Å²) in [7, 11) is 0. The molecule has 3 aliphatic rings. The highest BCUT2D eigenvalue weighted by atomic mass is 16.2. The van der Waals surface area contributed by atoms with E-state index in [1.807, 2.05) is 6.92 Å². The Morgan fingerprint density at radius 3 is 2.68 bits per heavy atom. The van der Waals surface area contributed by atoms with Crippen molar-refractivity contribution in [2.24, 2.45) is 0 Å². The van der Waals surface area contributed by atoms with Gasteiger partial charge in [-0.3, -0.25) is 14.5 Å². The monoisotopic (exact) mass is 308 g/mol. The highest BCUT2D eigenvalue weighted by Gasteiger charge is 2.51. The van der Waals surface area contributed by atoms with Crippen molar-refractivity contribution in [3.8, 4) is 0 Å². The lowest BCUT2D eigenvalue weighted by Gasteiger charge is -2.33. The highest BCUT2D eigenvalue weighted by molar-refractivity contribution is 6.09. The van der Waals surface area contributed by atoms with Gasteiger partial charge in [0.15, 0.2) is 0 Å². The first-order valence-electron chi connectivity index (χ1n) is 8.17. The summed E-state index contributed by atoms with van der Waals surface area (Å²) in [5.41, 5.74) is -0.744. The van der Waals surface area contributed by atoms with Gasteiger partial charge in [-0.05, 0) is 19.8 Å². The van der Waals surface area contributed by atoms with Crippen molar-refractivity contribution in [3.63, 3.8) is 0 Å². The highest BCUT2D eigenvalue weighted by Crippen LogP contribution is 2.33. The van der Waals surface area contributed by atoms with E-state index in [1.165, 1.54) is 0 Å².